The van der Waals surface area contributed by atoms with Gasteiger partial charge in [-0.05, 0) is 45.0 Å². The van der Waals surface area contributed by atoms with Gasteiger partial charge in [-0.1, -0.05) is 19.3 Å². The SMILES string of the molecule is CN(C)[C@H](CNc1ncccc1S(N)(=O)=O)C1CCCCC1. The molecule has 0 amide bonds. The molecule has 7 heteroatoms. The molecule has 1 aromatic heterocycles. The lowest BCUT2D eigenvalue weighted by Crippen LogP contribution is -2.41. The Morgan fingerprint density at radius 2 is 2.05 bits per heavy atom. The molecule has 1 aliphatic rings. The fraction of sp³-hybridized carbons (Fsp3) is 0.667. The smallest absolute Gasteiger partial charge is 0.241 e. The highest BCUT2D eigenvalue weighted by Crippen LogP contribution is 2.28. The number of anilines is 1. The molecule has 6 nitrogen and oxygen atoms in total. The topological polar surface area (TPSA) is 88.3 Å². The van der Waals surface area contributed by atoms with Gasteiger partial charge in [-0.25, -0.2) is 18.5 Å². The van der Waals surface area contributed by atoms with Crippen molar-refractivity contribution in [2.75, 3.05) is 26.0 Å². The van der Waals surface area contributed by atoms with Crippen molar-refractivity contribution in [3.63, 3.8) is 0 Å². The summed E-state index contributed by atoms with van der Waals surface area (Å²) in [6.07, 6.45) is 7.91. The molecule has 1 heterocycles. The Hall–Kier alpha value is -1.18. The molecule has 0 aliphatic heterocycles. The van der Waals surface area contributed by atoms with E-state index >= 15 is 0 Å². The summed E-state index contributed by atoms with van der Waals surface area (Å²) in [6.45, 7) is 0.664. The highest BCUT2D eigenvalue weighted by molar-refractivity contribution is 7.89. The van der Waals surface area contributed by atoms with Crippen molar-refractivity contribution in [2.45, 2.75) is 43.0 Å². The molecule has 0 radical (unpaired) electrons. The molecular formula is C15H26N4O2S. The minimum atomic E-state index is -3.77. The predicted molar refractivity (Wildman–Crippen MR) is 88.1 cm³/mol. The third kappa shape index (κ3) is 4.41. The van der Waals surface area contributed by atoms with E-state index in [2.05, 4.69) is 29.3 Å². The molecule has 1 saturated carbocycles. The van der Waals surface area contributed by atoms with E-state index in [1.54, 1.807) is 12.3 Å². The van der Waals surface area contributed by atoms with Crippen LogP contribution in [-0.2, 0) is 10.0 Å². The van der Waals surface area contributed by atoms with Gasteiger partial charge in [0.15, 0.2) is 0 Å². The fourth-order valence-electron chi connectivity index (χ4n) is 3.24. The number of pyridine rings is 1. The normalized spacial score (nSPS) is 18.4. The maximum Gasteiger partial charge on any atom is 0.241 e. The van der Waals surface area contributed by atoms with Gasteiger partial charge < -0.3 is 10.2 Å². The lowest BCUT2D eigenvalue weighted by Gasteiger charge is -2.35. The van der Waals surface area contributed by atoms with E-state index in [4.69, 9.17) is 5.14 Å². The Balaban J connectivity index is 2.10. The largest absolute Gasteiger partial charge is 0.367 e. The first-order valence-corrected chi connectivity index (χ1v) is 9.32. The number of hydrogen-bond donors (Lipinski definition) is 2. The zero-order valence-electron chi connectivity index (χ0n) is 13.3. The van der Waals surface area contributed by atoms with E-state index in [0.717, 1.165) is 0 Å². The van der Waals surface area contributed by atoms with Crippen LogP contribution in [0.15, 0.2) is 23.2 Å². The second-order valence-electron chi connectivity index (χ2n) is 6.21. The van der Waals surface area contributed by atoms with Crippen LogP contribution in [0.4, 0.5) is 5.82 Å². The summed E-state index contributed by atoms with van der Waals surface area (Å²) < 4.78 is 23.2. The zero-order chi connectivity index (χ0) is 16.2. The van der Waals surface area contributed by atoms with E-state index in [1.165, 1.54) is 38.2 Å². The number of nitrogens with one attached hydrogen (secondary N) is 1. The highest BCUT2D eigenvalue weighted by atomic mass is 32.2. The number of likely N-dealkylation sites (N-methyl/N-ethyl adjacent to an activating group) is 1. The maximum atomic E-state index is 11.6. The van der Waals surface area contributed by atoms with E-state index < -0.39 is 10.0 Å². The van der Waals surface area contributed by atoms with Gasteiger partial charge in [0, 0.05) is 18.8 Å². The standard InChI is InChI=1S/C15H26N4O2S/c1-19(2)13(12-7-4-3-5-8-12)11-18-15-14(22(16,20)21)9-6-10-17-15/h6,9-10,12-13H,3-5,7-8,11H2,1-2H3,(H,17,18)(H2,16,20,21)/t13-/m1/s1. The van der Waals surface area contributed by atoms with Gasteiger partial charge in [-0.3, -0.25) is 0 Å². The van der Waals surface area contributed by atoms with Gasteiger partial charge in [0.2, 0.25) is 10.0 Å². The molecule has 0 bridgehead atoms. The number of aromatic nitrogens is 1. The van der Waals surface area contributed by atoms with Crippen LogP contribution in [0.3, 0.4) is 0 Å². The Labute approximate surface area is 133 Å². The molecule has 0 spiro atoms. The number of nitrogens with two attached hydrogens (primary N) is 1. The van der Waals surface area contributed by atoms with Crippen molar-refractivity contribution in [1.82, 2.24) is 9.88 Å². The van der Waals surface area contributed by atoms with E-state index in [0.29, 0.717) is 24.3 Å². The van der Waals surface area contributed by atoms with Crippen molar-refractivity contribution in [2.24, 2.45) is 11.1 Å². The lowest BCUT2D eigenvalue weighted by molar-refractivity contribution is 0.179. The van der Waals surface area contributed by atoms with Crippen molar-refractivity contribution in [3.8, 4) is 0 Å². The van der Waals surface area contributed by atoms with Crippen LogP contribution >= 0.6 is 0 Å². The molecule has 2 rings (SSSR count). The summed E-state index contributed by atoms with van der Waals surface area (Å²) in [5.41, 5.74) is 0. The number of sulfonamides is 1. The zero-order valence-corrected chi connectivity index (χ0v) is 14.1. The molecule has 1 fully saturated rings. The fourth-order valence-corrected chi connectivity index (χ4v) is 3.91. The summed E-state index contributed by atoms with van der Waals surface area (Å²) in [4.78, 5) is 6.40. The van der Waals surface area contributed by atoms with Gasteiger partial charge in [-0.2, -0.15) is 0 Å². The van der Waals surface area contributed by atoms with Crippen molar-refractivity contribution in [3.05, 3.63) is 18.3 Å². The summed E-state index contributed by atoms with van der Waals surface area (Å²) >= 11 is 0. The van der Waals surface area contributed by atoms with Crippen molar-refractivity contribution in [1.29, 1.82) is 0 Å². The number of primary sulfonamides is 1. The summed E-state index contributed by atoms with van der Waals surface area (Å²) in [5, 5.41) is 8.43. The third-order valence-corrected chi connectivity index (χ3v) is 5.36. The first-order valence-electron chi connectivity index (χ1n) is 7.77. The Morgan fingerprint density at radius 3 is 2.64 bits per heavy atom. The first kappa shape index (κ1) is 17.2. The molecule has 1 aromatic rings. The molecule has 124 valence electrons. The average molecular weight is 326 g/mol. The van der Waals surface area contributed by atoms with Gasteiger partial charge in [0.05, 0.1) is 0 Å². The van der Waals surface area contributed by atoms with Gasteiger partial charge in [-0.15, -0.1) is 0 Å². The Bertz CT molecular complexity index is 583. The Kier molecular flexibility index (Phi) is 5.77. The minimum absolute atomic E-state index is 0.0520. The molecule has 22 heavy (non-hydrogen) atoms. The highest BCUT2D eigenvalue weighted by Gasteiger charge is 2.26. The Morgan fingerprint density at radius 1 is 1.36 bits per heavy atom. The summed E-state index contributed by atoms with van der Waals surface area (Å²) in [6, 6.07) is 3.42. The number of rotatable bonds is 6. The second-order valence-corrected chi connectivity index (χ2v) is 7.73. The van der Waals surface area contributed by atoms with Gasteiger partial charge >= 0.3 is 0 Å². The summed E-state index contributed by atoms with van der Waals surface area (Å²) in [5.74, 6) is 0.977. The third-order valence-electron chi connectivity index (χ3n) is 4.41. The summed E-state index contributed by atoms with van der Waals surface area (Å²) in [7, 11) is 0.374. The maximum absolute atomic E-state index is 11.6. The van der Waals surface area contributed by atoms with Crippen LogP contribution in [0.1, 0.15) is 32.1 Å². The molecular weight excluding hydrogens is 300 g/mol. The number of hydrogen-bond acceptors (Lipinski definition) is 5. The van der Waals surface area contributed by atoms with Crippen LogP contribution in [0.25, 0.3) is 0 Å². The van der Waals surface area contributed by atoms with E-state index in [1.807, 2.05) is 0 Å². The van der Waals surface area contributed by atoms with E-state index in [-0.39, 0.29) is 4.90 Å². The van der Waals surface area contributed by atoms with Crippen molar-refractivity contribution >= 4 is 15.8 Å². The molecule has 0 unspecified atom stereocenters. The molecule has 3 N–H and O–H groups in total. The monoisotopic (exact) mass is 326 g/mol. The lowest BCUT2D eigenvalue weighted by atomic mass is 9.83. The second kappa shape index (κ2) is 7.39. The quantitative estimate of drug-likeness (QED) is 0.830. The number of nitrogens with zero attached hydrogens (tertiary/aromatic N) is 2. The first-order chi connectivity index (χ1) is 10.4. The van der Waals surface area contributed by atoms with E-state index in [9.17, 15) is 8.42 Å². The van der Waals surface area contributed by atoms with Gasteiger partial charge in [0.1, 0.15) is 10.7 Å². The van der Waals surface area contributed by atoms with Crippen LogP contribution in [0.2, 0.25) is 0 Å². The molecule has 0 aromatic carbocycles. The molecule has 1 atom stereocenters. The average Bonchev–Trinajstić information content (AvgIpc) is 2.47. The predicted octanol–water partition coefficient (Wildman–Crippen LogP) is 1.65. The minimum Gasteiger partial charge on any atom is -0.367 e. The van der Waals surface area contributed by atoms with Gasteiger partial charge in [0.25, 0.3) is 0 Å². The van der Waals surface area contributed by atoms with Crippen LogP contribution in [0, 0.1) is 5.92 Å². The van der Waals surface area contributed by atoms with Crippen LogP contribution < -0.4 is 10.5 Å². The van der Waals surface area contributed by atoms with Crippen LogP contribution in [-0.4, -0.2) is 45.0 Å². The molecule has 0 saturated heterocycles. The molecule has 1 aliphatic carbocycles. The van der Waals surface area contributed by atoms with Crippen LogP contribution in [0.5, 0.6) is 0 Å². The van der Waals surface area contributed by atoms with Crippen molar-refractivity contribution < 1.29 is 8.42 Å².